The fourth-order valence-electron chi connectivity index (χ4n) is 4.14. The van der Waals surface area contributed by atoms with E-state index < -0.39 is 17.2 Å². The Hall–Kier alpha value is -2.82. The molecule has 0 amide bonds. The number of aromatic carboxylic acids is 1. The molecule has 0 spiro atoms. The van der Waals surface area contributed by atoms with Gasteiger partial charge in [-0.15, -0.1) is 11.3 Å². The van der Waals surface area contributed by atoms with Gasteiger partial charge in [-0.2, -0.15) is 5.06 Å². The lowest BCUT2D eigenvalue weighted by Crippen LogP contribution is -2.45. The number of piperazine rings is 1. The number of aromatic nitrogens is 1. The number of hydrogen-bond acceptors (Lipinski definition) is 7. The van der Waals surface area contributed by atoms with Crippen LogP contribution in [0.2, 0.25) is 0 Å². The van der Waals surface area contributed by atoms with Gasteiger partial charge in [0.05, 0.1) is 32.9 Å². The number of carboxylic acids is 1. The van der Waals surface area contributed by atoms with Crippen LogP contribution in [0.25, 0.3) is 26.6 Å². The van der Waals surface area contributed by atoms with E-state index in [4.69, 9.17) is 0 Å². The molecular weight excluding hydrogens is 387 g/mol. The van der Waals surface area contributed by atoms with Gasteiger partial charge in [0.25, 0.3) is 0 Å². The standard InChI is InChI=1S/C18H15FN4O4S/c1-20-13-10-7-28-17-12(18(25)26)16(24)8-6-9(19)15(11(13)14(8)23(10)17)21-2-4-22(27)5-3-21/h6-7,27H,2-5H2,1H3,(H,25,26). The molecule has 4 aromatic rings. The Bertz CT molecular complexity index is 1370. The van der Waals surface area contributed by atoms with Crippen molar-refractivity contribution in [2.75, 3.05) is 38.1 Å². The van der Waals surface area contributed by atoms with Crippen molar-refractivity contribution in [3.8, 4) is 0 Å². The van der Waals surface area contributed by atoms with E-state index in [-0.39, 0.29) is 10.9 Å². The molecule has 8 nitrogen and oxygen atoms in total. The second-order valence-electron chi connectivity index (χ2n) is 6.76. The summed E-state index contributed by atoms with van der Waals surface area (Å²) in [6.45, 7) is 1.57. The fourth-order valence-corrected chi connectivity index (χ4v) is 5.18. The Morgan fingerprint density at radius 1 is 1.29 bits per heavy atom. The molecular formula is C18H15FN4O4S. The van der Waals surface area contributed by atoms with Gasteiger partial charge in [0.1, 0.15) is 16.2 Å². The summed E-state index contributed by atoms with van der Waals surface area (Å²) < 4.78 is 16.9. The van der Waals surface area contributed by atoms with Crippen LogP contribution >= 0.6 is 11.3 Å². The number of anilines is 1. The van der Waals surface area contributed by atoms with Crippen LogP contribution in [0.5, 0.6) is 0 Å². The normalized spacial score (nSPS) is 17.0. The molecule has 1 aliphatic rings. The van der Waals surface area contributed by atoms with Gasteiger partial charge in [-0.25, -0.2) is 9.18 Å². The molecule has 0 saturated carbocycles. The van der Waals surface area contributed by atoms with Crippen LogP contribution in [0, 0.1) is 5.82 Å². The zero-order valence-corrected chi connectivity index (χ0v) is 15.6. The molecule has 0 unspecified atom stereocenters. The van der Waals surface area contributed by atoms with Crippen LogP contribution in [0.1, 0.15) is 10.4 Å². The van der Waals surface area contributed by atoms with E-state index in [0.29, 0.717) is 58.5 Å². The summed E-state index contributed by atoms with van der Waals surface area (Å²) in [6, 6.07) is 1.13. The van der Waals surface area contributed by atoms with Crippen LogP contribution in [-0.2, 0) is 0 Å². The summed E-state index contributed by atoms with van der Waals surface area (Å²) >= 11 is 1.16. The molecule has 10 heteroatoms. The minimum absolute atomic E-state index is 0.0326. The number of benzene rings is 1. The van der Waals surface area contributed by atoms with E-state index in [1.165, 1.54) is 5.06 Å². The Kier molecular flexibility index (Phi) is 3.60. The van der Waals surface area contributed by atoms with Crippen molar-refractivity contribution in [1.29, 1.82) is 0 Å². The second kappa shape index (κ2) is 5.84. The van der Waals surface area contributed by atoms with Crippen molar-refractivity contribution in [2.45, 2.75) is 0 Å². The summed E-state index contributed by atoms with van der Waals surface area (Å²) in [5.74, 6) is -1.93. The van der Waals surface area contributed by atoms with Gasteiger partial charge < -0.3 is 15.2 Å². The van der Waals surface area contributed by atoms with Crippen LogP contribution in [0.3, 0.4) is 0 Å². The first-order valence-electron chi connectivity index (χ1n) is 8.66. The van der Waals surface area contributed by atoms with Gasteiger partial charge in [0.2, 0.25) is 5.43 Å². The lowest BCUT2D eigenvalue weighted by molar-refractivity contribution is -0.0936. The first-order valence-corrected chi connectivity index (χ1v) is 9.54. The third kappa shape index (κ3) is 2.07. The maximum absolute atomic E-state index is 15.2. The number of pyridine rings is 1. The van der Waals surface area contributed by atoms with Gasteiger partial charge in [-0.1, -0.05) is 0 Å². The fraction of sp³-hybridized carbons (Fsp3) is 0.278. The number of carbonyl (C=O) groups is 1. The van der Waals surface area contributed by atoms with Crippen LogP contribution in [-0.4, -0.2) is 59.0 Å². The minimum atomic E-state index is -1.33. The summed E-state index contributed by atoms with van der Waals surface area (Å²) in [5.41, 5.74) is 0.425. The minimum Gasteiger partial charge on any atom is -0.477 e. The number of thiazole rings is 1. The molecule has 0 atom stereocenters. The summed E-state index contributed by atoms with van der Waals surface area (Å²) in [6.07, 6.45) is 0. The van der Waals surface area contributed by atoms with E-state index in [2.05, 4.69) is 4.99 Å². The van der Waals surface area contributed by atoms with E-state index in [9.17, 15) is 19.9 Å². The highest BCUT2D eigenvalue weighted by Gasteiger charge is 2.29. The van der Waals surface area contributed by atoms with E-state index in [0.717, 1.165) is 17.4 Å². The average molecular weight is 402 g/mol. The molecule has 0 bridgehead atoms. The monoisotopic (exact) mass is 402 g/mol. The zero-order valence-electron chi connectivity index (χ0n) is 14.8. The van der Waals surface area contributed by atoms with E-state index in [1.807, 2.05) is 4.90 Å². The summed E-state index contributed by atoms with van der Waals surface area (Å²) in [7, 11) is 1.59. The predicted octanol–water partition coefficient (Wildman–Crippen LogP) is 1.42. The quantitative estimate of drug-likeness (QED) is 0.526. The molecule has 1 aromatic carbocycles. The first-order chi connectivity index (χ1) is 13.4. The molecule has 144 valence electrons. The molecule has 1 aliphatic heterocycles. The Morgan fingerprint density at radius 3 is 2.64 bits per heavy atom. The Labute approximate surface area is 160 Å². The van der Waals surface area contributed by atoms with Gasteiger partial charge in [0.15, 0.2) is 0 Å². The van der Waals surface area contributed by atoms with Crippen molar-refractivity contribution >= 4 is 49.6 Å². The molecule has 28 heavy (non-hydrogen) atoms. The molecule has 0 radical (unpaired) electrons. The van der Waals surface area contributed by atoms with E-state index >= 15 is 4.39 Å². The molecule has 2 N–H and O–H groups in total. The molecule has 0 aliphatic carbocycles. The number of nitrogens with zero attached hydrogens (tertiary/aromatic N) is 4. The van der Waals surface area contributed by atoms with Crippen LogP contribution in [0.4, 0.5) is 10.1 Å². The SMILES string of the molecule is CN=c1c2c(N3CCN(O)CC3)c(F)cc3c(=O)c(C(=O)O)c4scc1n4c32. The van der Waals surface area contributed by atoms with Crippen molar-refractivity contribution in [3.63, 3.8) is 0 Å². The smallest absolute Gasteiger partial charge is 0.342 e. The van der Waals surface area contributed by atoms with Crippen molar-refractivity contribution in [1.82, 2.24) is 9.46 Å². The lowest BCUT2D eigenvalue weighted by atomic mass is 10.1. The topological polar surface area (TPSA) is 97.9 Å². The van der Waals surface area contributed by atoms with Gasteiger partial charge >= 0.3 is 5.97 Å². The van der Waals surface area contributed by atoms with Crippen LogP contribution < -0.4 is 15.7 Å². The molecule has 1 fully saturated rings. The Morgan fingerprint density at radius 2 is 2.00 bits per heavy atom. The molecule has 3 aromatic heterocycles. The number of carboxylic acid groups (broad SMARTS) is 1. The number of halogens is 1. The molecule has 1 saturated heterocycles. The largest absolute Gasteiger partial charge is 0.477 e. The molecule has 4 heterocycles. The predicted molar refractivity (Wildman–Crippen MR) is 103 cm³/mol. The molecule has 5 rings (SSSR count). The van der Waals surface area contributed by atoms with Gasteiger partial charge in [-0.05, 0) is 6.07 Å². The highest BCUT2D eigenvalue weighted by Crippen LogP contribution is 2.36. The lowest BCUT2D eigenvalue weighted by Gasteiger charge is -2.33. The highest BCUT2D eigenvalue weighted by molar-refractivity contribution is 7.16. The zero-order chi connectivity index (χ0) is 19.7. The summed E-state index contributed by atoms with van der Waals surface area (Å²) in [5, 5.41) is 23.2. The number of hydrogen-bond donors (Lipinski definition) is 2. The Balaban J connectivity index is 1.99. The average Bonchev–Trinajstić information content (AvgIpc) is 3.21. The van der Waals surface area contributed by atoms with E-state index in [1.54, 1.807) is 16.8 Å². The van der Waals surface area contributed by atoms with Crippen molar-refractivity contribution in [2.24, 2.45) is 4.99 Å². The van der Waals surface area contributed by atoms with Crippen molar-refractivity contribution < 1.29 is 19.5 Å². The van der Waals surface area contributed by atoms with Gasteiger partial charge in [0, 0.05) is 38.6 Å². The number of hydroxylamine groups is 2. The van der Waals surface area contributed by atoms with Crippen molar-refractivity contribution in [3.05, 3.63) is 38.4 Å². The second-order valence-corrected chi connectivity index (χ2v) is 7.62. The van der Waals surface area contributed by atoms with Crippen LogP contribution in [0.15, 0.2) is 21.2 Å². The maximum atomic E-state index is 15.2. The highest BCUT2D eigenvalue weighted by atomic mass is 32.1. The first kappa shape index (κ1) is 17.3. The third-order valence-corrected chi connectivity index (χ3v) is 6.30. The summed E-state index contributed by atoms with van der Waals surface area (Å²) in [4.78, 5) is 31.1. The van der Waals surface area contributed by atoms with Gasteiger partial charge in [-0.3, -0.25) is 14.2 Å². The number of rotatable bonds is 2. The maximum Gasteiger partial charge on any atom is 0.342 e. The third-order valence-electron chi connectivity index (χ3n) is 5.35.